The first-order valence-electron chi connectivity index (χ1n) is 11.3. The molecule has 0 aromatic carbocycles. The maximum atomic E-state index is 12.9. The molecule has 3 aliphatic heterocycles. The molecule has 7 nitrogen and oxygen atoms in total. The standard InChI is InChI=1S/C22H32N4O3/c1-3-4-14(2)26-12-16-17(13-26)22(23-20(16)27)7-9-25(10-8-22)21(28)18-11-19(29-24-18)15-5-6-15/h11,14-17H,3-10,12-13H2,1-2H3,(H,23,27)/t14-,16-,17+/m1/s1. The van der Waals surface area contributed by atoms with Crippen LogP contribution >= 0.6 is 0 Å². The summed E-state index contributed by atoms with van der Waals surface area (Å²) < 4.78 is 5.36. The number of rotatable bonds is 5. The van der Waals surface area contributed by atoms with Crippen molar-refractivity contribution in [2.24, 2.45) is 11.8 Å². The number of amides is 2. The van der Waals surface area contributed by atoms with E-state index in [1.165, 1.54) is 12.8 Å². The number of fused-ring (bicyclic) bond motifs is 2. The van der Waals surface area contributed by atoms with Gasteiger partial charge in [-0.15, -0.1) is 0 Å². The first-order valence-corrected chi connectivity index (χ1v) is 11.3. The van der Waals surface area contributed by atoms with E-state index in [0.29, 0.717) is 36.7 Å². The molecule has 0 unspecified atom stereocenters. The van der Waals surface area contributed by atoms with E-state index >= 15 is 0 Å². The Kier molecular flexibility index (Phi) is 4.68. The third-order valence-corrected chi connectivity index (χ3v) is 7.77. The van der Waals surface area contributed by atoms with Crippen LogP contribution in [-0.4, -0.2) is 64.5 Å². The van der Waals surface area contributed by atoms with Crippen LogP contribution in [-0.2, 0) is 4.79 Å². The predicted molar refractivity (Wildman–Crippen MR) is 107 cm³/mol. The number of nitrogens with zero attached hydrogens (tertiary/aromatic N) is 3. The summed E-state index contributed by atoms with van der Waals surface area (Å²) in [5.41, 5.74) is 0.277. The van der Waals surface area contributed by atoms with E-state index in [-0.39, 0.29) is 23.3 Å². The Morgan fingerprint density at radius 3 is 2.79 bits per heavy atom. The van der Waals surface area contributed by atoms with E-state index in [4.69, 9.17) is 4.52 Å². The number of hydrogen-bond acceptors (Lipinski definition) is 5. The van der Waals surface area contributed by atoms with Crippen molar-refractivity contribution in [2.75, 3.05) is 26.2 Å². The minimum atomic E-state index is -0.151. The quantitative estimate of drug-likeness (QED) is 0.821. The van der Waals surface area contributed by atoms with Gasteiger partial charge in [-0.25, -0.2) is 0 Å². The summed E-state index contributed by atoms with van der Waals surface area (Å²) in [4.78, 5) is 30.0. The van der Waals surface area contributed by atoms with Crippen molar-refractivity contribution >= 4 is 11.8 Å². The summed E-state index contributed by atoms with van der Waals surface area (Å²) >= 11 is 0. The van der Waals surface area contributed by atoms with E-state index in [1.807, 2.05) is 11.0 Å². The van der Waals surface area contributed by atoms with Crippen molar-refractivity contribution in [3.05, 3.63) is 17.5 Å². The van der Waals surface area contributed by atoms with Crippen molar-refractivity contribution in [1.82, 2.24) is 20.3 Å². The van der Waals surface area contributed by atoms with Crippen molar-refractivity contribution in [3.8, 4) is 0 Å². The van der Waals surface area contributed by atoms with Gasteiger partial charge in [-0.1, -0.05) is 18.5 Å². The SMILES string of the molecule is CCC[C@@H](C)N1C[C@H]2C(=O)NC3(CCN(C(=O)c4cc(C5CC5)on4)CC3)[C@H]2C1. The van der Waals surface area contributed by atoms with Gasteiger partial charge in [0.2, 0.25) is 5.91 Å². The van der Waals surface area contributed by atoms with E-state index in [0.717, 1.165) is 44.5 Å². The topological polar surface area (TPSA) is 78.7 Å². The molecule has 2 amide bonds. The molecule has 1 spiro atoms. The van der Waals surface area contributed by atoms with Crippen LogP contribution in [0.25, 0.3) is 0 Å². The van der Waals surface area contributed by atoms with Crippen LogP contribution in [0.2, 0.25) is 0 Å². The molecule has 1 aromatic heterocycles. The van der Waals surface area contributed by atoms with Crippen LogP contribution in [0, 0.1) is 11.8 Å². The lowest BCUT2D eigenvalue weighted by atomic mass is 9.75. The Balaban J connectivity index is 1.24. The molecule has 1 aromatic rings. The van der Waals surface area contributed by atoms with E-state index in [9.17, 15) is 9.59 Å². The summed E-state index contributed by atoms with van der Waals surface area (Å²) in [5.74, 6) is 1.94. The van der Waals surface area contributed by atoms with Crippen LogP contribution in [0.15, 0.2) is 10.6 Å². The second-order valence-electron chi connectivity index (χ2n) is 9.63. The zero-order valence-electron chi connectivity index (χ0n) is 17.5. The molecule has 7 heteroatoms. The van der Waals surface area contributed by atoms with Gasteiger partial charge in [0, 0.05) is 55.7 Å². The Bertz CT molecular complexity index is 794. The predicted octanol–water partition coefficient (Wildman–Crippen LogP) is 2.39. The second-order valence-corrected chi connectivity index (χ2v) is 9.63. The molecule has 4 aliphatic rings. The third-order valence-electron chi connectivity index (χ3n) is 7.77. The number of aromatic nitrogens is 1. The molecule has 4 fully saturated rings. The van der Waals surface area contributed by atoms with E-state index in [2.05, 4.69) is 29.2 Å². The van der Waals surface area contributed by atoms with Gasteiger partial charge in [0.05, 0.1) is 5.92 Å². The van der Waals surface area contributed by atoms with Crippen LogP contribution in [0.1, 0.15) is 74.5 Å². The van der Waals surface area contributed by atoms with Crippen molar-refractivity contribution in [3.63, 3.8) is 0 Å². The molecule has 158 valence electrons. The number of likely N-dealkylation sites (tertiary alicyclic amines) is 2. The molecule has 3 atom stereocenters. The lowest BCUT2D eigenvalue weighted by Gasteiger charge is -2.42. The Morgan fingerprint density at radius 1 is 1.34 bits per heavy atom. The molecule has 0 bridgehead atoms. The maximum absolute atomic E-state index is 12.9. The average Bonchev–Trinajstić information content (AvgIpc) is 3.18. The Labute approximate surface area is 172 Å². The molecule has 4 heterocycles. The van der Waals surface area contributed by atoms with Crippen LogP contribution in [0.3, 0.4) is 0 Å². The van der Waals surface area contributed by atoms with Gasteiger partial charge in [0.25, 0.3) is 5.91 Å². The summed E-state index contributed by atoms with van der Waals surface area (Å²) in [5, 5.41) is 7.36. The first kappa shape index (κ1) is 19.1. The third kappa shape index (κ3) is 3.27. The maximum Gasteiger partial charge on any atom is 0.276 e. The monoisotopic (exact) mass is 400 g/mol. The number of carbonyl (C=O) groups is 2. The molecule has 0 radical (unpaired) electrons. The molecular weight excluding hydrogens is 368 g/mol. The van der Waals surface area contributed by atoms with Gasteiger partial charge in [-0.3, -0.25) is 14.5 Å². The minimum absolute atomic E-state index is 0.0408. The number of nitrogens with one attached hydrogen (secondary N) is 1. The highest BCUT2D eigenvalue weighted by Crippen LogP contribution is 2.45. The van der Waals surface area contributed by atoms with E-state index < -0.39 is 0 Å². The van der Waals surface area contributed by atoms with Gasteiger partial charge >= 0.3 is 0 Å². The van der Waals surface area contributed by atoms with Crippen molar-refractivity contribution in [1.29, 1.82) is 0 Å². The summed E-state index contributed by atoms with van der Waals surface area (Å²) in [6, 6.07) is 2.35. The normalized spacial score (nSPS) is 29.9. The molecule has 1 aliphatic carbocycles. The number of hydrogen-bond donors (Lipinski definition) is 1. The van der Waals surface area contributed by atoms with Crippen molar-refractivity contribution < 1.29 is 14.1 Å². The number of carbonyl (C=O) groups excluding carboxylic acids is 2. The Hall–Kier alpha value is -1.89. The van der Waals surface area contributed by atoms with E-state index in [1.54, 1.807) is 0 Å². The zero-order valence-corrected chi connectivity index (χ0v) is 17.5. The largest absolute Gasteiger partial charge is 0.360 e. The lowest BCUT2D eigenvalue weighted by Crippen LogP contribution is -2.56. The molecule has 5 rings (SSSR count). The van der Waals surface area contributed by atoms with Crippen LogP contribution < -0.4 is 5.32 Å². The highest BCUT2D eigenvalue weighted by atomic mass is 16.5. The highest BCUT2D eigenvalue weighted by molar-refractivity contribution is 5.92. The molecule has 3 saturated heterocycles. The smallest absolute Gasteiger partial charge is 0.276 e. The van der Waals surface area contributed by atoms with Crippen molar-refractivity contribution in [2.45, 2.75) is 69.9 Å². The van der Waals surface area contributed by atoms with Gasteiger partial charge in [-0.05, 0) is 39.0 Å². The van der Waals surface area contributed by atoms with Crippen LogP contribution in [0.4, 0.5) is 0 Å². The fourth-order valence-electron chi connectivity index (χ4n) is 5.77. The summed E-state index contributed by atoms with van der Waals surface area (Å²) in [6.07, 6.45) is 6.27. The van der Waals surface area contributed by atoms with Gasteiger partial charge in [0.1, 0.15) is 5.76 Å². The highest BCUT2D eigenvalue weighted by Gasteiger charge is 2.57. The second kappa shape index (κ2) is 7.11. The molecule has 29 heavy (non-hydrogen) atoms. The summed E-state index contributed by atoms with van der Waals surface area (Å²) in [7, 11) is 0. The summed E-state index contributed by atoms with van der Waals surface area (Å²) in [6.45, 7) is 7.70. The lowest BCUT2D eigenvalue weighted by molar-refractivity contribution is -0.123. The average molecular weight is 401 g/mol. The first-order chi connectivity index (χ1) is 14.0. The molecule has 1 N–H and O–H groups in total. The molecular formula is C22H32N4O3. The van der Waals surface area contributed by atoms with Gasteiger partial charge < -0.3 is 14.7 Å². The molecule has 1 saturated carbocycles. The fraction of sp³-hybridized carbons (Fsp3) is 0.773. The fourth-order valence-corrected chi connectivity index (χ4v) is 5.77. The van der Waals surface area contributed by atoms with Gasteiger partial charge in [-0.2, -0.15) is 0 Å². The minimum Gasteiger partial charge on any atom is -0.360 e. The van der Waals surface area contributed by atoms with Crippen LogP contribution in [0.5, 0.6) is 0 Å². The zero-order chi connectivity index (χ0) is 20.2. The number of piperidine rings is 1. The Morgan fingerprint density at radius 2 is 2.10 bits per heavy atom. The van der Waals surface area contributed by atoms with Gasteiger partial charge in [0.15, 0.2) is 5.69 Å².